The van der Waals surface area contributed by atoms with E-state index < -0.39 is 6.10 Å². The number of carbonyl (C=O) groups excluding carboxylic acids is 1. The summed E-state index contributed by atoms with van der Waals surface area (Å²) >= 11 is 3.18. The Morgan fingerprint density at radius 1 is 1.50 bits per heavy atom. The van der Waals surface area contributed by atoms with Gasteiger partial charge < -0.3 is 14.7 Å². The summed E-state index contributed by atoms with van der Waals surface area (Å²) in [5, 5.41) is 10.0. The average molecular weight is 286 g/mol. The van der Waals surface area contributed by atoms with Gasteiger partial charge in [-0.3, -0.25) is 4.79 Å². The molecule has 2 rings (SSSR count). The maximum Gasteiger partial charge on any atom is 0.265 e. The van der Waals surface area contributed by atoms with Crippen molar-refractivity contribution in [1.82, 2.24) is 0 Å². The fraction of sp³-hybridized carbons (Fsp3) is 0.364. The quantitative estimate of drug-likeness (QED) is 0.849. The second-order valence-electron chi connectivity index (χ2n) is 3.57. The Kier molecular flexibility index (Phi) is 3.46. The molecule has 1 atom stereocenters. The zero-order chi connectivity index (χ0) is 11.5. The number of hydrogen-bond acceptors (Lipinski definition) is 3. The van der Waals surface area contributed by atoms with E-state index in [1.807, 2.05) is 24.3 Å². The van der Waals surface area contributed by atoms with E-state index in [0.717, 1.165) is 5.69 Å². The third-order valence-corrected chi connectivity index (χ3v) is 3.13. The molecule has 1 aliphatic rings. The topological polar surface area (TPSA) is 49.8 Å². The van der Waals surface area contributed by atoms with Gasteiger partial charge in [0.15, 0.2) is 6.61 Å². The van der Waals surface area contributed by atoms with E-state index in [4.69, 9.17) is 4.74 Å². The maximum absolute atomic E-state index is 11.7. The Balaban J connectivity index is 2.26. The lowest BCUT2D eigenvalue weighted by Gasteiger charge is -2.30. The number of aliphatic hydroxyl groups excluding tert-OH is 1. The summed E-state index contributed by atoms with van der Waals surface area (Å²) in [4.78, 5) is 13.2. The van der Waals surface area contributed by atoms with Gasteiger partial charge in [0.2, 0.25) is 0 Å². The van der Waals surface area contributed by atoms with Gasteiger partial charge in [-0.15, -0.1) is 0 Å². The number of fused-ring (bicyclic) bond motifs is 1. The Hall–Kier alpha value is -1.07. The fourth-order valence-corrected chi connectivity index (χ4v) is 1.82. The summed E-state index contributed by atoms with van der Waals surface area (Å²) in [6.45, 7) is 0.316. The zero-order valence-corrected chi connectivity index (χ0v) is 10.2. The molecule has 1 heterocycles. The van der Waals surface area contributed by atoms with Crippen LogP contribution in [0, 0.1) is 0 Å². The lowest BCUT2D eigenvalue weighted by atomic mass is 10.2. The molecule has 1 aromatic carbocycles. The number of benzene rings is 1. The first kappa shape index (κ1) is 11.4. The summed E-state index contributed by atoms with van der Waals surface area (Å²) in [6, 6.07) is 7.32. The number of amides is 1. The molecule has 0 aromatic heterocycles. The van der Waals surface area contributed by atoms with Gasteiger partial charge in [0, 0.05) is 5.33 Å². The van der Waals surface area contributed by atoms with Crippen LogP contribution in [-0.4, -0.2) is 35.6 Å². The minimum atomic E-state index is -0.574. The molecule has 86 valence electrons. The number of ether oxygens (including phenoxy) is 1. The second-order valence-corrected chi connectivity index (χ2v) is 4.22. The predicted octanol–water partition coefficient (Wildman–Crippen LogP) is 1.17. The first-order valence-corrected chi connectivity index (χ1v) is 6.10. The lowest BCUT2D eigenvalue weighted by Crippen LogP contribution is -2.43. The van der Waals surface area contributed by atoms with E-state index in [2.05, 4.69) is 15.9 Å². The van der Waals surface area contributed by atoms with E-state index in [1.54, 1.807) is 4.90 Å². The lowest BCUT2D eigenvalue weighted by molar-refractivity contribution is -0.121. The van der Waals surface area contributed by atoms with E-state index >= 15 is 0 Å². The molecule has 1 aromatic rings. The van der Waals surface area contributed by atoms with Crippen LogP contribution in [0.25, 0.3) is 0 Å². The Bertz CT molecular complexity index is 397. The predicted molar refractivity (Wildman–Crippen MR) is 64.1 cm³/mol. The van der Waals surface area contributed by atoms with Crippen LogP contribution in [0.5, 0.6) is 5.75 Å². The van der Waals surface area contributed by atoms with Crippen LogP contribution >= 0.6 is 15.9 Å². The summed E-state index contributed by atoms with van der Waals surface area (Å²) in [6.07, 6.45) is -0.574. The Labute approximate surface area is 102 Å². The van der Waals surface area contributed by atoms with Gasteiger partial charge in [0.25, 0.3) is 5.91 Å². The van der Waals surface area contributed by atoms with Gasteiger partial charge in [0.05, 0.1) is 18.3 Å². The van der Waals surface area contributed by atoms with Gasteiger partial charge in [-0.05, 0) is 12.1 Å². The Morgan fingerprint density at radius 2 is 2.25 bits per heavy atom. The molecule has 0 saturated heterocycles. The molecule has 0 saturated carbocycles. The highest BCUT2D eigenvalue weighted by Crippen LogP contribution is 2.31. The monoisotopic (exact) mass is 285 g/mol. The molecule has 5 heteroatoms. The Morgan fingerprint density at radius 3 is 3.00 bits per heavy atom. The van der Waals surface area contributed by atoms with Gasteiger partial charge in [-0.25, -0.2) is 0 Å². The van der Waals surface area contributed by atoms with E-state index in [1.165, 1.54) is 0 Å². The van der Waals surface area contributed by atoms with Gasteiger partial charge >= 0.3 is 0 Å². The van der Waals surface area contributed by atoms with Crippen LogP contribution < -0.4 is 9.64 Å². The smallest absolute Gasteiger partial charge is 0.265 e. The second kappa shape index (κ2) is 4.84. The summed E-state index contributed by atoms with van der Waals surface area (Å²) in [5.74, 6) is 0.558. The highest BCUT2D eigenvalue weighted by Gasteiger charge is 2.26. The maximum atomic E-state index is 11.7. The van der Waals surface area contributed by atoms with Crippen molar-refractivity contribution in [3.8, 4) is 5.75 Å². The van der Waals surface area contributed by atoms with Crippen molar-refractivity contribution in [2.24, 2.45) is 0 Å². The molecule has 0 fully saturated rings. The zero-order valence-electron chi connectivity index (χ0n) is 8.60. The molecule has 4 nitrogen and oxygen atoms in total. The van der Waals surface area contributed by atoms with Crippen molar-refractivity contribution in [3.63, 3.8) is 0 Å². The molecule has 1 amide bonds. The molecule has 0 radical (unpaired) electrons. The van der Waals surface area contributed by atoms with Crippen LogP contribution in [-0.2, 0) is 4.79 Å². The highest BCUT2D eigenvalue weighted by atomic mass is 79.9. The number of para-hydroxylation sites is 2. The van der Waals surface area contributed by atoms with Crippen molar-refractivity contribution in [2.45, 2.75) is 6.10 Å². The van der Waals surface area contributed by atoms with Crippen LogP contribution in [0.15, 0.2) is 24.3 Å². The van der Waals surface area contributed by atoms with Crippen molar-refractivity contribution in [1.29, 1.82) is 0 Å². The number of rotatable bonds is 3. The van der Waals surface area contributed by atoms with Gasteiger partial charge in [-0.1, -0.05) is 28.1 Å². The van der Waals surface area contributed by atoms with E-state index in [-0.39, 0.29) is 19.1 Å². The highest BCUT2D eigenvalue weighted by molar-refractivity contribution is 9.09. The molecule has 1 N–H and O–H groups in total. The molecule has 1 aliphatic heterocycles. The van der Waals surface area contributed by atoms with Gasteiger partial charge in [-0.2, -0.15) is 0 Å². The first-order chi connectivity index (χ1) is 7.72. The molecule has 0 aliphatic carbocycles. The number of aliphatic hydroxyl groups is 1. The van der Waals surface area contributed by atoms with Crippen molar-refractivity contribution < 1.29 is 14.6 Å². The number of β-amino-alcohol motifs (C(OH)–C–C–N with tert-alkyl or cyclic N) is 1. The van der Waals surface area contributed by atoms with Crippen LogP contribution in [0.3, 0.4) is 0 Å². The first-order valence-electron chi connectivity index (χ1n) is 4.98. The van der Waals surface area contributed by atoms with Crippen molar-refractivity contribution in [2.75, 3.05) is 23.4 Å². The van der Waals surface area contributed by atoms with Crippen LogP contribution in [0.2, 0.25) is 0 Å². The van der Waals surface area contributed by atoms with Crippen molar-refractivity contribution in [3.05, 3.63) is 24.3 Å². The normalized spacial score (nSPS) is 16.6. The third-order valence-electron chi connectivity index (χ3n) is 2.38. The third kappa shape index (κ3) is 2.20. The standard InChI is InChI=1S/C11H12BrNO3/c12-5-8(14)6-13-9-3-1-2-4-10(9)16-7-11(13)15/h1-4,8,14H,5-7H2. The summed E-state index contributed by atoms with van der Waals surface area (Å²) in [7, 11) is 0. The number of hydrogen-bond donors (Lipinski definition) is 1. The number of carbonyl (C=O) groups is 1. The fourth-order valence-electron chi connectivity index (χ4n) is 1.61. The number of alkyl halides is 1. The molecule has 1 unspecified atom stereocenters. The molecule has 0 spiro atoms. The van der Waals surface area contributed by atoms with Gasteiger partial charge in [0.1, 0.15) is 5.75 Å². The summed E-state index contributed by atoms with van der Waals surface area (Å²) < 4.78 is 5.30. The van der Waals surface area contributed by atoms with Crippen molar-refractivity contribution >= 4 is 27.5 Å². The SMILES string of the molecule is O=C1COc2ccccc2N1CC(O)CBr. The van der Waals surface area contributed by atoms with Crippen LogP contribution in [0.1, 0.15) is 0 Å². The van der Waals surface area contributed by atoms with Crippen LogP contribution in [0.4, 0.5) is 5.69 Å². The molecular weight excluding hydrogens is 274 g/mol. The molecule has 0 bridgehead atoms. The molecule has 16 heavy (non-hydrogen) atoms. The minimum Gasteiger partial charge on any atom is -0.482 e. The number of halogens is 1. The minimum absolute atomic E-state index is 0.0337. The molecular formula is C11H12BrNO3. The largest absolute Gasteiger partial charge is 0.482 e. The number of anilines is 1. The average Bonchev–Trinajstić information content (AvgIpc) is 2.32. The van der Waals surface area contributed by atoms with E-state index in [0.29, 0.717) is 11.1 Å². The van der Waals surface area contributed by atoms with E-state index in [9.17, 15) is 9.90 Å². The number of nitrogens with zero attached hydrogens (tertiary/aromatic N) is 1. The summed E-state index contributed by atoms with van der Waals surface area (Å²) in [5.41, 5.74) is 0.721.